The summed E-state index contributed by atoms with van der Waals surface area (Å²) in [7, 11) is 3.96. The third-order valence-electron chi connectivity index (χ3n) is 3.14. The fraction of sp³-hybridized carbons (Fsp3) is 0.250. The molecule has 0 saturated carbocycles. The SMILES string of the molecule is CNCc1ccc(N(C)Cc2ccc(Cl)cc2)c(Cl)c1. The molecule has 0 saturated heterocycles. The molecule has 0 atom stereocenters. The predicted molar refractivity (Wildman–Crippen MR) is 87.8 cm³/mol. The highest BCUT2D eigenvalue weighted by molar-refractivity contribution is 6.33. The topological polar surface area (TPSA) is 15.3 Å². The standard InChI is InChI=1S/C16H18Cl2N2/c1-19-10-13-5-8-16(15(18)9-13)20(2)11-12-3-6-14(17)7-4-12/h3-9,19H,10-11H2,1-2H3. The molecule has 0 amide bonds. The molecule has 2 rings (SSSR count). The van der Waals surface area contributed by atoms with Crippen LogP contribution >= 0.6 is 23.2 Å². The molecule has 20 heavy (non-hydrogen) atoms. The molecule has 0 spiro atoms. The number of rotatable bonds is 5. The van der Waals surface area contributed by atoms with E-state index in [1.807, 2.05) is 44.4 Å². The van der Waals surface area contributed by atoms with Crippen LogP contribution in [0.1, 0.15) is 11.1 Å². The van der Waals surface area contributed by atoms with Gasteiger partial charge in [0.25, 0.3) is 0 Å². The van der Waals surface area contributed by atoms with Crippen molar-refractivity contribution in [1.82, 2.24) is 5.32 Å². The van der Waals surface area contributed by atoms with Crippen molar-refractivity contribution >= 4 is 28.9 Å². The summed E-state index contributed by atoms with van der Waals surface area (Å²) in [6.45, 7) is 1.61. The first-order valence-electron chi connectivity index (χ1n) is 6.49. The van der Waals surface area contributed by atoms with Crippen LogP contribution in [0.5, 0.6) is 0 Å². The molecule has 4 heteroatoms. The van der Waals surface area contributed by atoms with Crippen molar-refractivity contribution in [1.29, 1.82) is 0 Å². The van der Waals surface area contributed by atoms with Crippen LogP contribution in [0.15, 0.2) is 42.5 Å². The Morgan fingerprint density at radius 3 is 2.25 bits per heavy atom. The van der Waals surface area contributed by atoms with Gasteiger partial charge in [-0.2, -0.15) is 0 Å². The average molecular weight is 309 g/mol. The Morgan fingerprint density at radius 2 is 1.65 bits per heavy atom. The summed E-state index contributed by atoms with van der Waals surface area (Å²) in [6, 6.07) is 14.0. The van der Waals surface area contributed by atoms with Crippen LogP contribution in [0, 0.1) is 0 Å². The second-order valence-corrected chi connectivity index (χ2v) is 5.64. The minimum Gasteiger partial charge on any atom is -0.369 e. The van der Waals surface area contributed by atoms with Gasteiger partial charge in [-0.1, -0.05) is 41.4 Å². The number of nitrogens with zero attached hydrogens (tertiary/aromatic N) is 1. The van der Waals surface area contributed by atoms with Gasteiger partial charge in [0.15, 0.2) is 0 Å². The molecule has 0 aliphatic rings. The molecule has 106 valence electrons. The fourth-order valence-corrected chi connectivity index (χ4v) is 2.60. The van der Waals surface area contributed by atoms with Crippen molar-refractivity contribution in [3.05, 3.63) is 63.6 Å². The van der Waals surface area contributed by atoms with Gasteiger partial charge in [0, 0.05) is 25.2 Å². The maximum Gasteiger partial charge on any atom is 0.0642 e. The largest absolute Gasteiger partial charge is 0.369 e. The Kier molecular flexibility index (Phi) is 5.30. The maximum absolute atomic E-state index is 6.36. The van der Waals surface area contributed by atoms with Crippen LogP contribution in [0.4, 0.5) is 5.69 Å². The van der Waals surface area contributed by atoms with Crippen molar-refractivity contribution in [2.75, 3.05) is 19.0 Å². The molecular formula is C16H18Cl2N2. The van der Waals surface area contributed by atoms with Gasteiger partial charge in [-0.15, -0.1) is 0 Å². The van der Waals surface area contributed by atoms with Crippen molar-refractivity contribution < 1.29 is 0 Å². The highest BCUT2D eigenvalue weighted by Crippen LogP contribution is 2.27. The third-order valence-corrected chi connectivity index (χ3v) is 3.69. The van der Waals surface area contributed by atoms with Crippen LogP contribution in [0.2, 0.25) is 10.0 Å². The summed E-state index contributed by atoms with van der Waals surface area (Å²) < 4.78 is 0. The van der Waals surface area contributed by atoms with E-state index in [0.717, 1.165) is 28.8 Å². The number of anilines is 1. The van der Waals surface area contributed by atoms with Crippen LogP contribution in [0.3, 0.4) is 0 Å². The molecule has 0 fully saturated rings. The zero-order chi connectivity index (χ0) is 14.5. The van der Waals surface area contributed by atoms with E-state index in [4.69, 9.17) is 23.2 Å². The second-order valence-electron chi connectivity index (χ2n) is 4.80. The number of nitrogens with one attached hydrogen (secondary N) is 1. The van der Waals surface area contributed by atoms with Crippen molar-refractivity contribution in [3.63, 3.8) is 0 Å². The Bertz CT molecular complexity index is 567. The van der Waals surface area contributed by atoms with E-state index in [1.165, 1.54) is 11.1 Å². The lowest BCUT2D eigenvalue weighted by atomic mass is 10.1. The van der Waals surface area contributed by atoms with E-state index in [-0.39, 0.29) is 0 Å². The van der Waals surface area contributed by atoms with Crippen molar-refractivity contribution in [2.24, 2.45) is 0 Å². The van der Waals surface area contributed by atoms with Gasteiger partial charge >= 0.3 is 0 Å². The lowest BCUT2D eigenvalue weighted by Gasteiger charge is -2.21. The van der Waals surface area contributed by atoms with Gasteiger partial charge in [0.1, 0.15) is 0 Å². The predicted octanol–water partition coefficient (Wildman–Crippen LogP) is 4.35. The van der Waals surface area contributed by atoms with E-state index < -0.39 is 0 Å². The monoisotopic (exact) mass is 308 g/mol. The van der Waals surface area contributed by atoms with Crippen LogP contribution in [0.25, 0.3) is 0 Å². The van der Waals surface area contributed by atoms with Gasteiger partial charge < -0.3 is 10.2 Å². The zero-order valence-electron chi connectivity index (χ0n) is 11.7. The summed E-state index contributed by atoms with van der Waals surface area (Å²) in [5.41, 5.74) is 3.41. The van der Waals surface area contributed by atoms with Gasteiger partial charge in [0.2, 0.25) is 0 Å². The second kappa shape index (κ2) is 6.98. The maximum atomic E-state index is 6.36. The molecule has 0 unspecified atom stereocenters. The number of hydrogen-bond acceptors (Lipinski definition) is 2. The summed E-state index contributed by atoms with van der Waals surface area (Å²) in [5, 5.41) is 4.65. The third kappa shape index (κ3) is 3.89. The highest BCUT2D eigenvalue weighted by atomic mass is 35.5. The molecule has 1 N–H and O–H groups in total. The smallest absolute Gasteiger partial charge is 0.0642 e. The molecule has 2 nitrogen and oxygen atoms in total. The molecule has 2 aromatic rings. The van der Waals surface area contributed by atoms with Gasteiger partial charge in [-0.3, -0.25) is 0 Å². The Balaban J connectivity index is 2.12. The Labute approximate surface area is 130 Å². The quantitative estimate of drug-likeness (QED) is 0.883. The minimum atomic E-state index is 0.755. The van der Waals surface area contributed by atoms with E-state index in [1.54, 1.807) is 0 Å². The van der Waals surface area contributed by atoms with E-state index in [0.29, 0.717) is 0 Å². The number of halogens is 2. The molecule has 0 bridgehead atoms. The lowest BCUT2D eigenvalue weighted by molar-refractivity contribution is 0.817. The van der Waals surface area contributed by atoms with Crippen molar-refractivity contribution in [3.8, 4) is 0 Å². The summed E-state index contributed by atoms with van der Waals surface area (Å²) in [4.78, 5) is 2.13. The molecule has 0 aromatic heterocycles. The first-order chi connectivity index (χ1) is 9.60. The molecule has 0 aliphatic carbocycles. The first kappa shape index (κ1) is 15.2. The fourth-order valence-electron chi connectivity index (χ4n) is 2.12. The van der Waals surface area contributed by atoms with E-state index >= 15 is 0 Å². The Morgan fingerprint density at radius 1 is 1.00 bits per heavy atom. The average Bonchev–Trinajstić information content (AvgIpc) is 2.42. The lowest BCUT2D eigenvalue weighted by Crippen LogP contribution is -2.17. The normalized spacial score (nSPS) is 10.6. The molecule has 2 aromatic carbocycles. The summed E-state index contributed by atoms with van der Waals surface area (Å²) >= 11 is 12.3. The highest BCUT2D eigenvalue weighted by Gasteiger charge is 2.07. The summed E-state index contributed by atoms with van der Waals surface area (Å²) in [6.07, 6.45) is 0. The zero-order valence-corrected chi connectivity index (χ0v) is 13.2. The Hall–Kier alpha value is -1.22. The van der Waals surface area contributed by atoms with Crippen LogP contribution in [-0.2, 0) is 13.1 Å². The van der Waals surface area contributed by atoms with E-state index in [9.17, 15) is 0 Å². The molecular weight excluding hydrogens is 291 g/mol. The van der Waals surface area contributed by atoms with Crippen molar-refractivity contribution in [2.45, 2.75) is 13.1 Å². The van der Waals surface area contributed by atoms with Crippen LogP contribution in [-0.4, -0.2) is 14.1 Å². The first-order valence-corrected chi connectivity index (χ1v) is 7.24. The van der Waals surface area contributed by atoms with Gasteiger partial charge in [0.05, 0.1) is 10.7 Å². The summed E-state index contributed by atoms with van der Waals surface area (Å²) in [5.74, 6) is 0. The minimum absolute atomic E-state index is 0.755. The number of benzene rings is 2. The van der Waals surface area contributed by atoms with Crippen LogP contribution < -0.4 is 10.2 Å². The number of hydrogen-bond donors (Lipinski definition) is 1. The van der Waals surface area contributed by atoms with Gasteiger partial charge in [-0.05, 0) is 42.4 Å². The molecule has 0 radical (unpaired) electrons. The van der Waals surface area contributed by atoms with Gasteiger partial charge in [-0.25, -0.2) is 0 Å². The van der Waals surface area contributed by atoms with E-state index in [2.05, 4.69) is 22.3 Å². The molecule has 0 aliphatic heterocycles. The molecule has 0 heterocycles.